The van der Waals surface area contributed by atoms with Crippen molar-refractivity contribution in [1.82, 2.24) is 14.7 Å². The molecule has 1 fully saturated rings. The number of rotatable bonds is 4. The summed E-state index contributed by atoms with van der Waals surface area (Å²) in [6, 6.07) is 0.113. The Labute approximate surface area is 108 Å². The van der Waals surface area contributed by atoms with Gasteiger partial charge in [0.2, 0.25) is 9.84 Å². The molecule has 1 aromatic heterocycles. The Bertz CT molecular complexity index is 547. The van der Waals surface area contributed by atoms with E-state index < -0.39 is 21.1 Å². The van der Waals surface area contributed by atoms with Crippen molar-refractivity contribution in [3.8, 4) is 0 Å². The van der Waals surface area contributed by atoms with Crippen LogP contribution in [-0.2, 0) is 9.84 Å². The van der Waals surface area contributed by atoms with E-state index in [0.29, 0.717) is 13.1 Å². The van der Waals surface area contributed by atoms with E-state index in [-0.39, 0.29) is 12.6 Å². The number of hydrogen-bond acceptors (Lipinski definition) is 4. The highest BCUT2D eigenvalue weighted by Gasteiger charge is 2.45. The van der Waals surface area contributed by atoms with Crippen molar-refractivity contribution in [3.05, 3.63) is 18.0 Å². The predicted molar refractivity (Wildman–Crippen MR) is 62.3 cm³/mol. The van der Waals surface area contributed by atoms with Crippen LogP contribution in [0.1, 0.15) is 11.6 Å². The monoisotopic (exact) mass is 297 g/mol. The third-order valence-electron chi connectivity index (χ3n) is 3.07. The zero-order chi connectivity index (χ0) is 14.3. The lowest BCUT2D eigenvalue weighted by Gasteiger charge is -2.39. The summed E-state index contributed by atoms with van der Waals surface area (Å²) in [5.41, 5.74) is -4.14. The highest BCUT2D eigenvalue weighted by Crippen LogP contribution is 2.25. The van der Waals surface area contributed by atoms with Crippen LogP contribution in [-0.4, -0.2) is 54.0 Å². The summed E-state index contributed by atoms with van der Waals surface area (Å²) in [5, 5.41) is 4.11. The van der Waals surface area contributed by atoms with Gasteiger partial charge >= 0.3 is 5.51 Å². The first-order chi connectivity index (χ1) is 8.69. The van der Waals surface area contributed by atoms with E-state index in [2.05, 4.69) is 5.10 Å². The maximum absolute atomic E-state index is 12.1. The number of aryl methyl sites for hydroxylation is 1. The molecule has 108 valence electrons. The molecule has 0 unspecified atom stereocenters. The molecule has 19 heavy (non-hydrogen) atoms. The van der Waals surface area contributed by atoms with E-state index in [1.165, 1.54) is 0 Å². The van der Waals surface area contributed by atoms with E-state index in [0.717, 1.165) is 5.56 Å². The molecule has 1 aliphatic rings. The number of nitrogens with zero attached hydrogens (tertiary/aromatic N) is 3. The minimum Gasteiger partial charge on any atom is -0.298 e. The first-order valence-electron chi connectivity index (χ1n) is 5.71. The topological polar surface area (TPSA) is 55.2 Å². The molecule has 0 N–H and O–H groups in total. The van der Waals surface area contributed by atoms with Crippen LogP contribution in [0, 0.1) is 6.92 Å². The zero-order valence-electron chi connectivity index (χ0n) is 10.3. The maximum Gasteiger partial charge on any atom is 0.497 e. The molecule has 0 bridgehead atoms. The highest BCUT2D eigenvalue weighted by atomic mass is 32.2. The largest absolute Gasteiger partial charge is 0.497 e. The number of hydrogen-bond donors (Lipinski definition) is 0. The van der Waals surface area contributed by atoms with Crippen LogP contribution in [0.25, 0.3) is 0 Å². The SMILES string of the molecule is Cc1cnn(C2CN(CCS(=O)(=O)C(F)(F)F)C2)c1. The summed E-state index contributed by atoms with van der Waals surface area (Å²) in [6.07, 6.45) is 3.56. The summed E-state index contributed by atoms with van der Waals surface area (Å²) < 4.78 is 59.9. The summed E-state index contributed by atoms with van der Waals surface area (Å²) in [7, 11) is -5.01. The lowest BCUT2D eigenvalue weighted by Crippen LogP contribution is -2.50. The Morgan fingerprint density at radius 2 is 2.05 bits per heavy atom. The molecular formula is C10H14F3N3O2S. The molecule has 0 aromatic carbocycles. The quantitative estimate of drug-likeness (QED) is 0.831. The minimum absolute atomic E-state index is 0.0986. The van der Waals surface area contributed by atoms with Crippen molar-refractivity contribution in [2.45, 2.75) is 18.5 Å². The van der Waals surface area contributed by atoms with Crippen LogP contribution in [0.5, 0.6) is 0 Å². The van der Waals surface area contributed by atoms with E-state index in [4.69, 9.17) is 0 Å². The second kappa shape index (κ2) is 4.78. The van der Waals surface area contributed by atoms with Crippen LogP contribution in [0.4, 0.5) is 13.2 Å². The molecule has 1 aliphatic heterocycles. The first kappa shape index (κ1) is 14.3. The number of alkyl halides is 3. The van der Waals surface area contributed by atoms with Gasteiger partial charge in [0, 0.05) is 25.8 Å². The molecule has 9 heteroatoms. The number of aromatic nitrogens is 2. The van der Waals surface area contributed by atoms with E-state index >= 15 is 0 Å². The van der Waals surface area contributed by atoms with Gasteiger partial charge in [-0.05, 0) is 12.5 Å². The number of halogens is 3. The molecule has 0 saturated carbocycles. The molecule has 5 nitrogen and oxygen atoms in total. The standard InChI is InChI=1S/C10H14F3N3O2S/c1-8-4-14-16(5-8)9-6-15(7-9)2-3-19(17,18)10(11,12)13/h4-5,9H,2-3,6-7H2,1H3. The fraction of sp³-hybridized carbons (Fsp3) is 0.700. The fourth-order valence-electron chi connectivity index (χ4n) is 1.89. The molecule has 2 heterocycles. The van der Waals surface area contributed by atoms with Gasteiger partial charge in [-0.25, -0.2) is 8.42 Å². The maximum atomic E-state index is 12.1. The van der Waals surface area contributed by atoms with Gasteiger partial charge in [0.1, 0.15) is 0 Å². The molecule has 2 rings (SSSR count). The van der Waals surface area contributed by atoms with Crippen molar-refractivity contribution >= 4 is 9.84 Å². The van der Waals surface area contributed by atoms with Crippen LogP contribution in [0.2, 0.25) is 0 Å². The molecular weight excluding hydrogens is 283 g/mol. The summed E-state index contributed by atoms with van der Waals surface area (Å²) in [4.78, 5) is 1.67. The third-order valence-corrected chi connectivity index (χ3v) is 4.50. The summed E-state index contributed by atoms with van der Waals surface area (Å²) in [6.45, 7) is 2.84. The van der Waals surface area contributed by atoms with Crippen molar-refractivity contribution in [2.24, 2.45) is 0 Å². The Morgan fingerprint density at radius 1 is 1.42 bits per heavy atom. The second-order valence-electron chi connectivity index (χ2n) is 4.68. The van der Waals surface area contributed by atoms with Crippen LogP contribution >= 0.6 is 0 Å². The van der Waals surface area contributed by atoms with Gasteiger partial charge in [-0.15, -0.1) is 0 Å². The summed E-state index contributed by atoms with van der Waals surface area (Å²) >= 11 is 0. The fourth-order valence-corrected chi connectivity index (χ4v) is 2.62. The van der Waals surface area contributed by atoms with Crippen molar-refractivity contribution in [1.29, 1.82) is 0 Å². The molecule has 0 aliphatic carbocycles. The second-order valence-corrected chi connectivity index (χ2v) is 6.78. The highest BCUT2D eigenvalue weighted by molar-refractivity contribution is 7.92. The van der Waals surface area contributed by atoms with Gasteiger partial charge < -0.3 is 0 Å². The van der Waals surface area contributed by atoms with Gasteiger partial charge in [-0.1, -0.05) is 0 Å². The lowest BCUT2D eigenvalue weighted by atomic mass is 10.1. The smallest absolute Gasteiger partial charge is 0.298 e. The average Bonchev–Trinajstić information content (AvgIpc) is 2.60. The third kappa shape index (κ3) is 3.08. The Balaban J connectivity index is 1.80. The lowest BCUT2D eigenvalue weighted by molar-refractivity contribution is -0.0438. The van der Waals surface area contributed by atoms with Crippen LogP contribution in [0.3, 0.4) is 0 Å². The van der Waals surface area contributed by atoms with Gasteiger partial charge in [-0.2, -0.15) is 18.3 Å². The Hall–Kier alpha value is -1.09. The molecule has 0 amide bonds. The molecule has 1 aromatic rings. The van der Waals surface area contributed by atoms with Gasteiger partial charge in [0.25, 0.3) is 0 Å². The van der Waals surface area contributed by atoms with Gasteiger partial charge in [0.15, 0.2) is 0 Å². The molecule has 0 spiro atoms. The average molecular weight is 297 g/mol. The van der Waals surface area contributed by atoms with Gasteiger partial charge in [-0.3, -0.25) is 9.58 Å². The predicted octanol–water partition coefficient (Wildman–Crippen LogP) is 0.983. The first-order valence-corrected chi connectivity index (χ1v) is 7.36. The van der Waals surface area contributed by atoms with Crippen LogP contribution in [0.15, 0.2) is 12.4 Å². The van der Waals surface area contributed by atoms with Gasteiger partial charge in [0.05, 0.1) is 18.0 Å². The number of sulfone groups is 1. The van der Waals surface area contributed by atoms with E-state index in [1.807, 2.05) is 13.1 Å². The Kier molecular flexibility index (Phi) is 3.61. The Morgan fingerprint density at radius 3 is 2.53 bits per heavy atom. The molecule has 0 radical (unpaired) electrons. The summed E-state index contributed by atoms with van der Waals surface area (Å²) in [5.74, 6) is -0.888. The number of likely N-dealkylation sites (tertiary alicyclic amines) is 1. The van der Waals surface area contributed by atoms with Crippen LogP contribution < -0.4 is 0 Å². The van der Waals surface area contributed by atoms with Crippen molar-refractivity contribution < 1.29 is 21.6 Å². The van der Waals surface area contributed by atoms with E-state index in [9.17, 15) is 21.6 Å². The molecule has 1 saturated heterocycles. The normalized spacial score (nSPS) is 18.5. The zero-order valence-corrected chi connectivity index (χ0v) is 11.1. The van der Waals surface area contributed by atoms with E-state index in [1.54, 1.807) is 15.8 Å². The van der Waals surface area contributed by atoms with Crippen molar-refractivity contribution in [3.63, 3.8) is 0 Å². The minimum atomic E-state index is -5.16. The van der Waals surface area contributed by atoms with Crippen molar-refractivity contribution in [2.75, 3.05) is 25.4 Å². The molecule has 0 atom stereocenters.